The highest BCUT2D eigenvalue weighted by Crippen LogP contribution is 2.09. The van der Waals surface area contributed by atoms with Gasteiger partial charge in [0.05, 0.1) is 0 Å². The molecule has 0 aromatic rings. The molecule has 1 aliphatic heterocycles. The zero-order valence-electron chi connectivity index (χ0n) is 7.70. The number of piperidine rings is 1. The predicted molar refractivity (Wildman–Crippen MR) is 50.8 cm³/mol. The minimum atomic E-state index is -0.815. The molecular weight excluding hydrogens is 168 g/mol. The predicted octanol–water partition coefficient (Wildman–Crippen LogP) is 0.904. The van der Waals surface area contributed by atoms with Crippen molar-refractivity contribution in [3.05, 3.63) is 12.7 Å². The van der Waals surface area contributed by atoms with Crippen LogP contribution in [0.25, 0.3) is 0 Å². The maximum atomic E-state index is 10.7. The molecule has 1 atom stereocenters. The van der Waals surface area contributed by atoms with E-state index in [0.29, 0.717) is 19.1 Å². The molecule has 0 aromatic heterocycles. The molecule has 74 valence electrons. The summed E-state index contributed by atoms with van der Waals surface area (Å²) in [5.41, 5.74) is 0. The lowest BCUT2D eigenvalue weighted by molar-refractivity contribution is 0.127. The summed E-state index contributed by atoms with van der Waals surface area (Å²) < 4.78 is 0. The first-order valence-electron chi connectivity index (χ1n) is 4.56. The first-order valence-corrected chi connectivity index (χ1v) is 4.56. The molecule has 1 saturated heterocycles. The Hall–Kier alpha value is -1.03. The summed E-state index contributed by atoms with van der Waals surface area (Å²) in [7, 11) is 0. The first kappa shape index (κ1) is 10.1. The number of rotatable bonds is 3. The van der Waals surface area contributed by atoms with Crippen molar-refractivity contribution in [3.8, 4) is 0 Å². The van der Waals surface area contributed by atoms with E-state index in [-0.39, 0.29) is 0 Å². The van der Waals surface area contributed by atoms with Crippen LogP contribution in [-0.2, 0) is 0 Å². The fourth-order valence-corrected chi connectivity index (χ4v) is 1.57. The van der Waals surface area contributed by atoms with Crippen LogP contribution >= 0.6 is 0 Å². The van der Waals surface area contributed by atoms with E-state index in [1.807, 2.05) is 0 Å². The van der Waals surface area contributed by atoms with Gasteiger partial charge in [-0.1, -0.05) is 6.08 Å². The monoisotopic (exact) mass is 184 g/mol. The van der Waals surface area contributed by atoms with Crippen molar-refractivity contribution in [2.24, 2.45) is 0 Å². The van der Waals surface area contributed by atoms with Gasteiger partial charge in [0.1, 0.15) is 0 Å². The quantitative estimate of drug-likeness (QED) is 0.641. The number of nitrogens with one attached hydrogen (secondary N) is 1. The molecule has 1 fully saturated rings. The Morgan fingerprint density at radius 3 is 3.15 bits per heavy atom. The summed E-state index contributed by atoms with van der Waals surface area (Å²) >= 11 is 0. The molecule has 4 nitrogen and oxygen atoms in total. The van der Waals surface area contributed by atoms with Crippen LogP contribution in [0.15, 0.2) is 12.7 Å². The highest BCUT2D eigenvalue weighted by molar-refractivity contribution is 5.65. The Morgan fingerprint density at radius 1 is 1.77 bits per heavy atom. The normalized spacial score (nSPS) is 22.8. The van der Waals surface area contributed by atoms with Crippen LogP contribution in [0, 0.1) is 0 Å². The number of likely N-dealkylation sites (tertiary alicyclic amines) is 1. The molecule has 0 spiro atoms. The minimum absolute atomic E-state index is 0.294. The Kier molecular flexibility index (Phi) is 3.76. The van der Waals surface area contributed by atoms with Gasteiger partial charge in [-0.3, -0.25) is 0 Å². The Labute approximate surface area is 78.2 Å². The van der Waals surface area contributed by atoms with Crippen LogP contribution in [-0.4, -0.2) is 41.8 Å². The van der Waals surface area contributed by atoms with Crippen molar-refractivity contribution < 1.29 is 9.90 Å². The smallest absolute Gasteiger partial charge is 0.407 e. The number of nitrogens with zero attached hydrogens (tertiary/aromatic N) is 1. The van der Waals surface area contributed by atoms with Crippen molar-refractivity contribution >= 4 is 6.09 Å². The van der Waals surface area contributed by atoms with Gasteiger partial charge >= 0.3 is 6.09 Å². The molecular formula is C9H16N2O2. The number of carboxylic acid groups (broad SMARTS) is 1. The SMILES string of the molecule is C=CCN[C@@H]1CCCN(C(=O)O)C1. The highest BCUT2D eigenvalue weighted by Gasteiger charge is 2.21. The molecule has 13 heavy (non-hydrogen) atoms. The summed E-state index contributed by atoms with van der Waals surface area (Å²) in [4.78, 5) is 12.1. The Bertz CT molecular complexity index is 194. The molecule has 0 unspecified atom stereocenters. The second-order valence-electron chi connectivity index (χ2n) is 3.26. The number of hydrogen-bond donors (Lipinski definition) is 2. The molecule has 1 amide bonds. The largest absolute Gasteiger partial charge is 0.465 e. The van der Waals surface area contributed by atoms with Gasteiger partial charge in [0.25, 0.3) is 0 Å². The van der Waals surface area contributed by atoms with Crippen LogP contribution in [0.3, 0.4) is 0 Å². The van der Waals surface area contributed by atoms with Crippen LogP contribution < -0.4 is 5.32 Å². The fourth-order valence-electron chi connectivity index (χ4n) is 1.57. The van der Waals surface area contributed by atoms with Gasteiger partial charge in [-0.05, 0) is 12.8 Å². The fraction of sp³-hybridized carbons (Fsp3) is 0.667. The van der Waals surface area contributed by atoms with Gasteiger partial charge in [-0.2, -0.15) is 0 Å². The number of carbonyl (C=O) groups is 1. The van der Waals surface area contributed by atoms with E-state index in [1.54, 1.807) is 6.08 Å². The summed E-state index contributed by atoms with van der Waals surface area (Å²) in [6.07, 6.45) is 2.98. The topological polar surface area (TPSA) is 52.6 Å². The second kappa shape index (κ2) is 4.87. The summed E-state index contributed by atoms with van der Waals surface area (Å²) in [6, 6.07) is 0.294. The molecule has 1 rings (SSSR count). The maximum absolute atomic E-state index is 10.7. The van der Waals surface area contributed by atoms with Crippen LogP contribution in [0.2, 0.25) is 0 Å². The summed E-state index contributed by atoms with van der Waals surface area (Å²) in [6.45, 7) is 5.62. The molecule has 1 aliphatic rings. The van der Waals surface area contributed by atoms with Crippen LogP contribution in [0.1, 0.15) is 12.8 Å². The molecule has 1 heterocycles. The molecule has 0 saturated carbocycles. The van der Waals surface area contributed by atoms with E-state index in [1.165, 1.54) is 4.90 Å². The summed E-state index contributed by atoms with van der Waals surface area (Å²) in [5.74, 6) is 0. The lowest BCUT2D eigenvalue weighted by Gasteiger charge is -2.31. The van der Waals surface area contributed by atoms with Crippen molar-refractivity contribution in [1.82, 2.24) is 10.2 Å². The lowest BCUT2D eigenvalue weighted by Crippen LogP contribution is -2.47. The molecule has 0 aromatic carbocycles. The van der Waals surface area contributed by atoms with Crippen molar-refractivity contribution in [2.45, 2.75) is 18.9 Å². The third-order valence-corrected chi connectivity index (χ3v) is 2.24. The van der Waals surface area contributed by atoms with Gasteiger partial charge in [0.15, 0.2) is 0 Å². The van der Waals surface area contributed by atoms with Crippen LogP contribution in [0.5, 0.6) is 0 Å². The van der Waals surface area contributed by atoms with E-state index < -0.39 is 6.09 Å². The van der Waals surface area contributed by atoms with Gasteiger partial charge in [0, 0.05) is 25.7 Å². The lowest BCUT2D eigenvalue weighted by atomic mass is 10.1. The first-order chi connectivity index (χ1) is 6.24. The Morgan fingerprint density at radius 2 is 2.54 bits per heavy atom. The van der Waals surface area contributed by atoms with Gasteiger partial charge in [-0.25, -0.2) is 4.79 Å². The minimum Gasteiger partial charge on any atom is -0.465 e. The van der Waals surface area contributed by atoms with E-state index in [0.717, 1.165) is 19.4 Å². The number of amides is 1. The van der Waals surface area contributed by atoms with Crippen molar-refractivity contribution in [1.29, 1.82) is 0 Å². The summed E-state index contributed by atoms with van der Waals surface area (Å²) in [5, 5.41) is 12.0. The van der Waals surface area contributed by atoms with Gasteiger partial charge in [0.2, 0.25) is 0 Å². The zero-order chi connectivity index (χ0) is 9.68. The molecule has 0 radical (unpaired) electrons. The molecule has 0 aliphatic carbocycles. The van der Waals surface area contributed by atoms with Gasteiger partial charge in [-0.15, -0.1) is 6.58 Å². The van der Waals surface area contributed by atoms with E-state index in [9.17, 15) is 4.79 Å². The number of hydrogen-bond acceptors (Lipinski definition) is 2. The van der Waals surface area contributed by atoms with Crippen molar-refractivity contribution in [2.75, 3.05) is 19.6 Å². The third kappa shape index (κ3) is 3.06. The van der Waals surface area contributed by atoms with E-state index in [4.69, 9.17) is 5.11 Å². The average Bonchev–Trinajstić information content (AvgIpc) is 2.15. The zero-order valence-corrected chi connectivity index (χ0v) is 7.70. The third-order valence-electron chi connectivity index (χ3n) is 2.24. The van der Waals surface area contributed by atoms with E-state index in [2.05, 4.69) is 11.9 Å². The standard InChI is InChI=1S/C9H16N2O2/c1-2-5-10-8-4-3-6-11(7-8)9(12)13/h2,8,10H,1,3-7H2,(H,12,13)/t8-/m1/s1. The van der Waals surface area contributed by atoms with Crippen LogP contribution in [0.4, 0.5) is 4.79 Å². The average molecular weight is 184 g/mol. The van der Waals surface area contributed by atoms with Gasteiger partial charge < -0.3 is 15.3 Å². The second-order valence-corrected chi connectivity index (χ2v) is 3.26. The van der Waals surface area contributed by atoms with Crippen molar-refractivity contribution in [3.63, 3.8) is 0 Å². The molecule has 4 heteroatoms. The van der Waals surface area contributed by atoms with E-state index >= 15 is 0 Å². The Balaban J connectivity index is 2.32. The highest BCUT2D eigenvalue weighted by atomic mass is 16.4. The maximum Gasteiger partial charge on any atom is 0.407 e. The molecule has 0 bridgehead atoms. The molecule has 2 N–H and O–H groups in total.